The molecular formula is C14H20N4. The molecule has 1 unspecified atom stereocenters. The molecule has 1 atom stereocenters. The van der Waals surface area contributed by atoms with Crippen LogP contribution in [0.2, 0.25) is 0 Å². The van der Waals surface area contributed by atoms with Gasteiger partial charge in [-0.3, -0.25) is 0 Å². The van der Waals surface area contributed by atoms with Gasteiger partial charge in [0.1, 0.15) is 11.3 Å². The van der Waals surface area contributed by atoms with Gasteiger partial charge in [0.2, 0.25) is 0 Å². The minimum atomic E-state index is 0.366. The van der Waals surface area contributed by atoms with Crippen molar-refractivity contribution in [1.82, 2.24) is 14.5 Å². The summed E-state index contributed by atoms with van der Waals surface area (Å²) in [6.07, 6.45) is 6.59. The lowest BCUT2D eigenvalue weighted by atomic mass is 10.0. The van der Waals surface area contributed by atoms with Crippen LogP contribution in [0.15, 0.2) is 18.3 Å². The Morgan fingerprint density at radius 1 is 1.50 bits per heavy atom. The maximum Gasteiger partial charge on any atom is 0.160 e. The zero-order valence-corrected chi connectivity index (χ0v) is 10.8. The Morgan fingerprint density at radius 2 is 2.33 bits per heavy atom. The molecule has 0 bridgehead atoms. The molecule has 3 rings (SSSR count). The van der Waals surface area contributed by atoms with Gasteiger partial charge in [-0.25, -0.2) is 9.97 Å². The van der Waals surface area contributed by atoms with Crippen molar-refractivity contribution in [3.05, 3.63) is 24.2 Å². The Bertz CT molecular complexity index is 542. The molecule has 1 fully saturated rings. The molecular weight excluding hydrogens is 224 g/mol. The van der Waals surface area contributed by atoms with Gasteiger partial charge in [-0.2, -0.15) is 0 Å². The number of hydrogen-bond acceptors (Lipinski definition) is 3. The van der Waals surface area contributed by atoms with Gasteiger partial charge in [-0.1, -0.05) is 13.3 Å². The Balaban J connectivity index is 2.11. The highest BCUT2D eigenvalue weighted by molar-refractivity contribution is 5.71. The number of imidazole rings is 1. The summed E-state index contributed by atoms with van der Waals surface area (Å²) in [5.41, 5.74) is 7.97. The molecule has 2 N–H and O–H groups in total. The highest BCUT2D eigenvalue weighted by Gasteiger charge is 2.30. The Kier molecular flexibility index (Phi) is 3.04. The molecule has 0 amide bonds. The monoisotopic (exact) mass is 244 g/mol. The number of nitrogens with two attached hydrogens (primary N) is 1. The van der Waals surface area contributed by atoms with Crippen molar-refractivity contribution in [1.29, 1.82) is 0 Å². The van der Waals surface area contributed by atoms with Crippen molar-refractivity contribution in [2.75, 3.05) is 6.54 Å². The molecule has 1 saturated carbocycles. The van der Waals surface area contributed by atoms with E-state index in [2.05, 4.69) is 16.5 Å². The van der Waals surface area contributed by atoms with Crippen LogP contribution in [0.3, 0.4) is 0 Å². The average Bonchev–Trinajstić information content (AvgIpc) is 3.16. The van der Waals surface area contributed by atoms with Crippen LogP contribution in [0.25, 0.3) is 11.2 Å². The molecule has 0 saturated heterocycles. The van der Waals surface area contributed by atoms with Crippen LogP contribution in [-0.4, -0.2) is 21.1 Å². The van der Waals surface area contributed by atoms with Crippen molar-refractivity contribution in [3.8, 4) is 0 Å². The highest BCUT2D eigenvalue weighted by Crippen LogP contribution is 2.40. The summed E-state index contributed by atoms with van der Waals surface area (Å²) in [6.45, 7) is 2.87. The summed E-state index contributed by atoms with van der Waals surface area (Å²) >= 11 is 0. The first-order valence-electron chi connectivity index (χ1n) is 6.88. The van der Waals surface area contributed by atoms with Crippen LogP contribution in [-0.2, 0) is 0 Å². The van der Waals surface area contributed by atoms with E-state index in [1.54, 1.807) is 0 Å². The minimum absolute atomic E-state index is 0.366. The number of aromatic nitrogens is 3. The van der Waals surface area contributed by atoms with Gasteiger partial charge in [0.05, 0.1) is 0 Å². The molecule has 0 aromatic carbocycles. The smallest absolute Gasteiger partial charge is 0.160 e. The second-order valence-electron chi connectivity index (χ2n) is 5.14. The van der Waals surface area contributed by atoms with Crippen LogP contribution in [0.4, 0.5) is 0 Å². The number of hydrogen-bond donors (Lipinski definition) is 1. The fourth-order valence-corrected chi connectivity index (χ4v) is 2.63. The Hall–Kier alpha value is -1.42. The van der Waals surface area contributed by atoms with E-state index >= 15 is 0 Å². The maximum absolute atomic E-state index is 5.93. The lowest BCUT2D eigenvalue weighted by molar-refractivity contribution is 0.551. The van der Waals surface area contributed by atoms with E-state index < -0.39 is 0 Å². The summed E-state index contributed by atoms with van der Waals surface area (Å²) in [5, 5.41) is 0. The molecule has 2 aromatic rings. The van der Waals surface area contributed by atoms with Gasteiger partial charge >= 0.3 is 0 Å². The first-order valence-corrected chi connectivity index (χ1v) is 6.88. The SMILES string of the molecule is CCCC(CN)c1nc2cccnc2n1C1CC1. The minimum Gasteiger partial charge on any atom is -0.330 e. The van der Waals surface area contributed by atoms with Crippen LogP contribution in [0.1, 0.15) is 50.4 Å². The van der Waals surface area contributed by atoms with E-state index in [0.29, 0.717) is 18.5 Å². The molecule has 18 heavy (non-hydrogen) atoms. The van der Waals surface area contributed by atoms with Crippen LogP contribution >= 0.6 is 0 Å². The first kappa shape index (κ1) is 11.7. The van der Waals surface area contributed by atoms with E-state index in [-0.39, 0.29) is 0 Å². The molecule has 2 aromatic heterocycles. The molecule has 1 aliphatic carbocycles. The van der Waals surface area contributed by atoms with Gasteiger partial charge in [0.15, 0.2) is 5.65 Å². The van der Waals surface area contributed by atoms with E-state index in [1.165, 1.54) is 12.8 Å². The zero-order valence-electron chi connectivity index (χ0n) is 10.8. The highest BCUT2D eigenvalue weighted by atomic mass is 15.2. The summed E-state index contributed by atoms with van der Waals surface area (Å²) in [7, 11) is 0. The fourth-order valence-electron chi connectivity index (χ4n) is 2.63. The number of fused-ring (bicyclic) bond motifs is 1. The molecule has 0 radical (unpaired) electrons. The molecule has 0 aliphatic heterocycles. The molecule has 4 nitrogen and oxygen atoms in total. The first-order chi connectivity index (χ1) is 8.85. The van der Waals surface area contributed by atoms with Crippen molar-refractivity contribution in [3.63, 3.8) is 0 Å². The lowest BCUT2D eigenvalue weighted by Crippen LogP contribution is -2.17. The predicted molar refractivity (Wildman–Crippen MR) is 72.5 cm³/mol. The summed E-state index contributed by atoms with van der Waals surface area (Å²) in [6, 6.07) is 4.60. The normalized spacial score (nSPS) is 17.2. The Labute approximate surface area is 107 Å². The summed E-state index contributed by atoms with van der Waals surface area (Å²) in [4.78, 5) is 9.28. The van der Waals surface area contributed by atoms with Crippen LogP contribution in [0.5, 0.6) is 0 Å². The molecule has 2 heterocycles. The van der Waals surface area contributed by atoms with E-state index in [9.17, 15) is 0 Å². The average molecular weight is 244 g/mol. The third-order valence-corrected chi connectivity index (χ3v) is 3.67. The van der Waals surface area contributed by atoms with Gasteiger partial charge in [0.25, 0.3) is 0 Å². The maximum atomic E-state index is 5.93. The van der Waals surface area contributed by atoms with Crippen LogP contribution < -0.4 is 5.73 Å². The van der Waals surface area contributed by atoms with E-state index in [0.717, 1.165) is 29.8 Å². The fraction of sp³-hybridized carbons (Fsp3) is 0.571. The van der Waals surface area contributed by atoms with Crippen molar-refractivity contribution >= 4 is 11.2 Å². The van der Waals surface area contributed by atoms with Crippen LogP contribution in [0, 0.1) is 0 Å². The largest absolute Gasteiger partial charge is 0.330 e. The van der Waals surface area contributed by atoms with Crippen molar-refractivity contribution in [2.24, 2.45) is 5.73 Å². The second kappa shape index (κ2) is 4.69. The Morgan fingerprint density at radius 3 is 3.00 bits per heavy atom. The van der Waals surface area contributed by atoms with Crippen molar-refractivity contribution < 1.29 is 0 Å². The second-order valence-corrected chi connectivity index (χ2v) is 5.14. The predicted octanol–water partition coefficient (Wildman–Crippen LogP) is 2.61. The summed E-state index contributed by atoms with van der Waals surface area (Å²) < 4.78 is 2.34. The van der Waals surface area contributed by atoms with E-state index in [4.69, 9.17) is 10.7 Å². The molecule has 4 heteroatoms. The standard InChI is InChI=1S/C14H20N4/c1-2-4-10(9-15)13-17-12-5-3-8-16-14(12)18(13)11-6-7-11/h3,5,8,10-11H,2,4,6-7,9,15H2,1H3. The van der Waals surface area contributed by atoms with Gasteiger partial charge in [-0.05, 0) is 31.4 Å². The van der Waals surface area contributed by atoms with Gasteiger partial charge in [-0.15, -0.1) is 0 Å². The zero-order chi connectivity index (χ0) is 12.5. The molecule has 0 spiro atoms. The number of pyridine rings is 1. The van der Waals surface area contributed by atoms with E-state index in [1.807, 2.05) is 18.3 Å². The van der Waals surface area contributed by atoms with Gasteiger partial charge < -0.3 is 10.3 Å². The number of nitrogens with zero attached hydrogens (tertiary/aromatic N) is 3. The number of rotatable bonds is 5. The molecule has 1 aliphatic rings. The van der Waals surface area contributed by atoms with Crippen molar-refractivity contribution in [2.45, 2.75) is 44.6 Å². The lowest BCUT2D eigenvalue weighted by Gasteiger charge is -2.15. The quantitative estimate of drug-likeness (QED) is 0.879. The summed E-state index contributed by atoms with van der Waals surface area (Å²) in [5.74, 6) is 1.51. The van der Waals surface area contributed by atoms with Gasteiger partial charge in [0, 0.05) is 24.7 Å². The third kappa shape index (κ3) is 1.90. The topological polar surface area (TPSA) is 56.7 Å². The molecule has 96 valence electrons. The third-order valence-electron chi connectivity index (χ3n) is 3.67.